The van der Waals surface area contributed by atoms with Crippen LogP contribution in [-0.4, -0.2) is 10.1 Å². The molecule has 42 valence electrons. The molecule has 0 aliphatic heterocycles. The molecule has 3 heteroatoms. The van der Waals surface area contributed by atoms with Gasteiger partial charge in [-0.15, -0.1) is 4.68 Å². The Bertz CT molecular complexity index is 164. The van der Waals surface area contributed by atoms with Crippen molar-refractivity contribution in [2.45, 2.75) is 6.92 Å². The Morgan fingerprint density at radius 2 is 2.25 bits per heavy atom. The van der Waals surface area contributed by atoms with E-state index in [1.54, 1.807) is 17.1 Å². The molecule has 1 rings (SSSR count). The van der Waals surface area contributed by atoms with Crippen molar-refractivity contribution in [2.75, 3.05) is 0 Å². The van der Waals surface area contributed by atoms with Crippen LogP contribution in [0.5, 0.6) is 0 Å². The fourth-order valence-electron chi connectivity index (χ4n) is 0.438. The van der Waals surface area contributed by atoms with Gasteiger partial charge in [-0.2, -0.15) is 0 Å². The van der Waals surface area contributed by atoms with Gasteiger partial charge in [-0.3, -0.25) is 0 Å². The van der Waals surface area contributed by atoms with Crippen LogP contribution in [-0.2, 0) is 7.05 Å². The molecule has 0 fully saturated rings. The lowest BCUT2D eigenvalue weighted by molar-refractivity contribution is -0.739. The summed E-state index contributed by atoms with van der Waals surface area (Å²) in [6.45, 7) is 1.91. The molecule has 0 atom stereocenters. The Balaban J connectivity index is 3.13. The minimum atomic E-state index is 0.924. The summed E-state index contributed by atoms with van der Waals surface area (Å²) in [6, 6.07) is 0. The smallest absolute Gasteiger partial charge is 0.138 e. The van der Waals surface area contributed by atoms with Gasteiger partial charge in [0.15, 0.2) is 6.20 Å². The Kier molecular flexibility index (Phi) is 1.20. The summed E-state index contributed by atoms with van der Waals surface area (Å²) in [5, 5.41) is 3.93. The zero-order valence-corrected chi connectivity index (χ0v) is 5.00. The Labute approximate surface area is 48.0 Å². The van der Waals surface area contributed by atoms with Crippen molar-refractivity contribution in [3.63, 3.8) is 0 Å². The third kappa shape index (κ3) is 0.804. The molecule has 8 heavy (non-hydrogen) atoms. The predicted molar refractivity (Wildman–Crippen MR) is 27.9 cm³/mol. The highest BCUT2D eigenvalue weighted by Crippen LogP contribution is 1.71. The Morgan fingerprint density at radius 3 is 2.62 bits per heavy atom. The second-order valence-corrected chi connectivity index (χ2v) is 1.61. The van der Waals surface area contributed by atoms with Gasteiger partial charge in [-0.05, 0) is 0 Å². The van der Waals surface area contributed by atoms with Crippen LogP contribution in [0.3, 0.4) is 0 Å². The average Bonchev–Trinajstić information content (AvgIpc) is 1.77. The first kappa shape index (κ1) is 5.15. The van der Waals surface area contributed by atoms with Crippen LogP contribution in [0.15, 0.2) is 12.4 Å². The van der Waals surface area contributed by atoms with Crippen molar-refractivity contribution < 1.29 is 4.68 Å². The summed E-state index contributed by atoms with van der Waals surface area (Å²) in [5.41, 5.74) is 0. The maximum absolute atomic E-state index is 3.98. The predicted octanol–water partition coefficient (Wildman–Crippen LogP) is -0.390. The van der Waals surface area contributed by atoms with E-state index in [1.165, 1.54) is 0 Å². The number of aryl methyl sites for hydroxylation is 2. The lowest BCUT2D eigenvalue weighted by atomic mass is 10.7. The fraction of sp³-hybridized carbons (Fsp3) is 0.400. The quantitative estimate of drug-likeness (QED) is 0.426. The number of rotatable bonds is 0. The van der Waals surface area contributed by atoms with Crippen LogP contribution in [0.4, 0.5) is 0 Å². The van der Waals surface area contributed by atoms with E-state index in [-0.39, 0.29) is 0 Å². The van der Waals surface area contributed by atoms with Gasteiger partial charge in [-0.25, -0.2) is 0 Å². The molecule has 0 saturated carbocycles. The summed E-state index contributed by atoms with van der Waals surface area (Å²) < 4.78 is 1.72. The normalized spacial score (nSPS) is 9.25. The van der Waals surface area contributed by atoms with Crippen LogP contribution < -0.4 is 4.68 Å². The molecule has 0 bridgehead atoms. The van der Waals surface area contributed by atoms with Gasteiger partial charge in [-0.1, -0.05) is 10.1 Å². The number of hydrogen-bond donors (Lipinski definition) is 0. The van der Waals surface area contributed by atoms with E-state index >= 15 is 0 Å². The van der Waals surface area contributed by atoms with E-state index in [0.717, 1.165) is 5.82 Å². The van der Waals surface area contributed by atoms with Crippen LogP contribution in [0, 0.1) is 6.92 Å². The van der Waals surface area contributed by atoms with Crippen LogP contribution in [0.25, 0.3) is 0 Å². The summed E-state index contributed by atoms with van der Waals surface area (Å²) >= 11 is 0. The van der Waals surface area contributed by atoms with Gasteiger partial charge >= 0.3 is 5.82 Å². The van der Waals surface area contributed by atoms with Gasteiger partial charge in [0.05, 0.1) is 0 Å². The molecular weight excluding hydrogens is 102 g/mol. The largest absolute Gasteiger partial charge is 0.315 e. The molecule has 0 spiro atoms. The van der Waals surface area contributed by atoms with Gasteiger partial charge in [0.2, 0.25) is 0 Å². The molecule has 0 saturated heterocycles. The second kappa shape index (κ2) is 1.86. The first-order chi connectivity index (χ1) is 3.80. The zero-order valence-electron chi connectivity index (χ0n) is 5.00. The maximum atomic E-state index is 3.98. The molecule has 1 aromatic heterocycles. The second-order valence-electron chi connectivity index (χ2n) is 1.61. The monoisotopic (exact) mass is 110 g/mol. The molecule has 0 aliphatic rings. The number of nitrogens with zero attached hydrogens (tertiary/aromatic N) is 3. The minimum Gasteiger partial charge on any atom is -0.138 e. The Hall–Kier alpha value is -0.990. The van der Waals surface area contributed by atoms with Crippen LogP contribution in [0.1, 0.15) is 5.82 Å². The first-order valence-electron chi connectivity index (χ1n) is 2.44. The summed E-state index contributed by atoms with van der Waals surface area (Å²) in [7, 11) is 1.86. The van der Waals surface area contributed by atoms with Crippen molar-refractivity contribution in [1.82, 2.24) is 10.1 Å². The van der Waals surface area contributed by atoms with Gasteiger partial charge in [0, 0.05) is 6.92 Å². The molecule has 1 aromatic rings. The summed E-state index contributed by atoms with van der Waals surface area (Å²) in [5.74, 6) is 0.924. The number of aromatic nitrogens is 3. The van der Waals surface area contributed by atoms with E-state index in [2.05, 4.69) is 10.1 Å². The summed E-state index contributed by atoms with van der Waals surface area (Å²) in [4.78, 5) is 3.98. The lowest BCUT2D eigenvalue weighted by Gasteiger charge is -1.84. The van der Waals surface area contributed by atoms with E-state index in [1.807, 2.05) is 14.0 Å². The highest BCUT2D eigenvalue weighted by atomic mass is 15.3. The minimum absolute atomic E-state index is 0.924. The molecular formula is C5H8N3+. The molecule has 0 radical (unpaired) electrons. The van der Waals surface area contributed by atoms with E-state index < -0.39 is 0 Å². The molecule has 0 unspecified atom stereocenters. The first-order valence-corrected chi connectivity index (χ1v) is 2.44. The molecule has 1 heterocycles. The van der Waals surface area contributed by atoms with Crippen LogP contribution >= 0.6 is 0 Å². The highest BCUT2D eigenvalue weighted by Gasteiger charge is 1.96. The van der Waals surface area contributed by atoms with Crippen molar-refractivity contribution in [1.29, 1.82) is 0 Å². The number of hydrogen-bond acceptors (Lipinski definition) is 2. The standard InChI is InChI=1S/C5H8N3/c1-5-6-3-4-7-8(5)2/h3-4H,1-2H3/q+1. The molecule has 0 aromatic carbocycles. The molecule has 0 N–H and O–H groups in total. The molecule has 0 amide bonds. The van der Waals surface area contributed by atoms with E-state index in [0.29, 0.717) is 0 Å². The van der Waals surface area contributed by atoms with Gasteiger partial charge in [0.1, 0.15) is 13.2 Å². The van der Waals surface area contributed by atoms with E-state index in [9.17, 15) is 0 Å². The summed E-state index contributed by atoms with van der Waals surface area (Å²) in [6.07, 6.45) is 3.34. The van der Waals surface area contributed by atoms with Crippen molar-refractivity contribution in [3.8, 4) is 0 Å². The topological polar surface area (TPSA) is 29.7 Å². The molecule has 0 aliphatic carbocycles. The van der Waals surface area contributed by atoms with Crippen LogP contribution in [0.2, 0.25) is 0 Å². The van der Waals surface area contributed by atoms with Crippen molar-refractivity contribution in [3.05, 3.63) is 18.2 Å². The van der Waals surface area contributed by atoms with Gasteiger partial charge < -0.3 is 0 Å². The zero-order chi connectivity index (χ0) is 5.98. The average molecular weight is 110 g/mol. The third-order valence-corrected chi connectivity index (χ3v) is 1.04. The molecule has 3 nitrogen and oxygen atoms in total. The lowest BCUT2D eigenvalue weighted by Crippen LogP contribution is -2.36. The van der Waals surface area contributed by atoms with Crippen molar-refractivity contribution >= 4 is 0 Å². The Morgan fingerprint density at radius 1 is 1.50 bits per heavy atom. The maximum Gasteiger partial charge on any atom is 0.315 e. The highest BCUT2D eigenvalue weighted by molar-refractivity contribution is 4.67. The van der Waals surface area contributed by atoms with E-state index in [4.69, 9.17) is 0 Å². The van der Waals surface area contributed by atoms with Crippen molar-refractivity contribution in [2.24, 2.45) is 7.05 Å². The SMILES string of the molecule is Cc1nccn[n+]1C. The van der Waals surface area contributed by atoms with Gasteiger partial charge in [0.25, 0.3) is 0 Å². The fourth-order valence-corrected chi connectivity index (χ4v) is 0.438. The third-order valence-electron chi connectivity index (χ3n) is 1.04.